The molecule has 0 fully saturated rings. The van der Waals surface area contributed by atoms with Crippen molar-refractivity contribution in [2.45, 2.75) is 25.8 Å². The van der Waals surface area contributed by atoms with Crippen LogP contribution in [0.1, 0.15) is 30.8 Å². The van der Waals surface area contributed by atoms with Crippen LogP contribution in [0.5, 0.6) is 0 Å². The molecule has 1 unspecified atom stereocenters. The molecule has 0 aliphatic carbocycles. The predicted molar refractivity (Wildman–Crippen MR) is 68.9 cm³/mol. The van der Waals surface area contributed by atoms with E-state index in [2.05, 4.69) is 5.32 Å². The number of alkyl halides is 1. The average Bonchev–Trinajstić information content (AvgIpc) is 2.71. The zero-order chi connectivity index (χ0) is 13.9. The molecule has 0 saturated heterocycles. The van der Waals surface area contributed by atoms with Gasteiger partial charge in [0.25, 0.3) is 11.6 Å². The minimum atomic E-state index is -0.530. The van der Waals surface area contributed by atoms with Crippen LogP contribution >= 0.6 is 11.6 Å². The lowest BCUT2D eigenvalue weighted by Crippen LogP contribution is -2.47. The van der Waals surface area contributed by atoms with Gasteiger partial charge in [-0.2, -0.15) is 0 Å². The van der Waals surface area contributed by atoms with Crippen molar-refractivity contribution in [2.24, 2.45) is 7.05 Å². The van der Waals surface area contributed by atoms with E-state index in [0.29, 0.717) is 6.42 Å². The number of nitrogens with zero attached hydrogens (tertiary/aromatic N) is 2. The molecule has 0 bridgehead atoms. The summed E-state index contributed by atoms with van der Waals surface area (Å²) >= 11 is 5.81. The third kappa shape index (κ3) is 3.01. The van der Waals surface area contributed by atoms with E-state index >= 15 is 0 Å². The molecule has 0 saturated carbocycles. The number of nitrogens with one attached hydrogen (secondary N) is 1. The summed E-state index contributed by atoms with van der Waals surface area (Å²) in [5, 5.41) is 13.4. The number of halogens is 1. The Labute approximate surface area is 110 Å². The van der Waals surface area contributed by atoms with Crippen molar-refractivity contribution >= 4 is 23.2 Å². The molecule has 1 amide bonds. The third-order valence-electron chi connectivity index (χ3n) is 2.92. The van der Waals surface area contributed by atoms with Crippen LogP contribution in [0, 0.1) is 10.1 Å². The van der Waals surface area contributed by atoms with Gasteiger partial charge >= 0.3 is 0 Å². The Morgan fingerprint density at radius 3 is 2.67 bits per heavy atom. The average molecular weight is 274 g/mol. The first kappa shape index (κ1) is 14.5. The second kappa shape index (κ2) is 5.39. The zero-order valence-electron chi connectivity index (χ0n) is 10.6. The fourth-order valence-corrected chi connectivity index (χ4v) is 1.68. The van der Waals surface area contributed by atoms with Crippen LogP contribution in [-0.2, 0) is 7.05 Å². The number of hydrogen-bond donors (Lipinski definition) is 1. The van der Waals surface area contributed by atoms with Gasteiger partial charge in [0, 0.05) is 19.0 Å². The zero-order valence-corrected chi connectivity index (χ0v) is 11.3. The van der Waals surface area contributed by atoms with Gasteiger partial charge in [-0.05, 0) is 13.3 Å². The van der Waals surface area contributed by atoms with Gasteiger partial charge in [-0.15, -0.1) is 11.6 Å². The van der Waals surface area contributed by atoms with Crippen LogP contribution in [0.15, 0.2) is 12.3 Å². The van der Waals surface area contributed by atoms with Crippen LogP contribution < -0.4 is 5.32 Å². The maximum absolute atomic E-state index is 12.0. The van der Waals surface area contributed by atoms with Gasteiger partial charge in [0.2, 0.25) is 0 Å². The minimum absolute atomic E-state index is 0.105. The summed E-state index contributed by atoms with van der Waals surface area (Å²) in [5.41, 5.74) is -0.379. The maximum Gasteiger partial charge on any atom is 0.287 e. The Balaban J connectivity index is 2.94. The molecule has 18 heavy (non-hydrogen) atoms. The van der Waals surface area contributed by atoms with Crippen LogP contribution in [0.3, 0.4) is 0 Å². The van der Waals surface area contributed by atoms with Gasteiger partial charge in [-0.1, -0.05) is 6.92 Å². The van der Waals surface area contributed by atoms with Gasteiger partial charge in [0.1, 0.15) is 5.69 Å². The van der Waals surface area contributed by atoms with E-state index in [-0.39, 0.29) is 23.2 Å². The number of carbonyl (C=O) groups is 1. The van der Waals surface area contributed by atoms with Gasteiger partial charge in [-0.25, -0.2) is 0 Å². The van der Waals surface area contributed by atoms with Gasteiger partial charge < -0.3 is 9.88 Å². The van der Waals surface area contributed by atoms with Crippen molar-refractivity contribution in [3.05, 3.63) is 28.1 Å². The molecule has 1 N–H and O–H groups in total. The Morgan fingerprint density at radius 2 is 2.28 bits per heavy atom. The highest BCUT2D eigenvalue weighted by molar-refractivity contribution is 6.18. The second-order valence-electron chi connectivity index (χ2n) is 4.45. The molecule has 6 nitrogen and oxygen atoms in total. The molecule has 1 rings (SSSR count). The van der Waals surface area contributed by atoms with Crippen molar-refractivity contribution in [1.82, 2.24) is 9.88 Å². The highest BCUT2D eigenvalue weighted by Crippen LogP contribution is 2.17. The number of aryl methyl sites for hydroxylation is 1. The van der Waals surface area contributed by atoms with E-state index in [4.69, 9.17) is 11.6 Å². The summed E-state index contributed by atoms with van der Waals surface area (Å²) in [4.78, 5) is 22.1. The number of rotatable bonds is 5. The molecule has 1 heterocycles. The van der Waals surface area contributed by atoms with E-state index in [1.807, 2.05) is 13.8 Å². The summed E-state index contributed by atoms with van der Waals surface area (Å²) in [6.45, 7) is 3.74. The SMILES string of the molecule is CCC(C)(CCl)NC(=O)c1cc([N+](=O)[O-])cn1C. The predicted octanol–water partition coefficient (Wildman–Crippen LogP) is 2.07. The fraction of sp³-hybridized carbons (Fsp3) is 0.545. The highest BCUT2D eigenvalue weighted by atomic mass is 35.5. The molecule has 0 aromatic carbocycles. The van der Waals surface area contributed by atoms with Crippen molar-refractivity contribution in [3.63, 3.8) is 0 Å². The molecule has 100 valence electrons. The summed E-state index contributed by atoms with van der Waals surface area (Å²) in [6.07, 6.45) is 1.98. The lowest BCUT2D eigenvalue weighted by molar-refractivity contribution is -0.384. The normalized spacial score (nSPS) is 14.0. The van der Waals surface area contributed by atoms with E-state index in [0.717, 1.165) is 0 Å². The monoisotopic (exact) mass is 273 g/mol. The Bertz CT molecular complexity index is 466. The standard InChI is InChI=1S/C11H16ClN3O3/c1-4-11(2,7-12)13-10(16)9-5-8(15(17)18)6-14(9)3/h5-6H,4,7H2,1-3H3,(H,13,16). The van der Waals surface area contributed by atoms with Crippen molar-refractivity contribution in [2.75, 3.05) is 5.88 Å². The van der Waals surface area contributed by atoms with Crippen molar-refractivity contribution in [3.8, 4) is 0 Å². The van der Waals surface area contributed by atoms with E-state index in [1.54, 1.807) is 7.05 Å². The molecule has 1 aromatic heterocycles. The first-order chi connectivity index (χ1) is 8.33. The molecule has 0 spiro atoms. The molecule has 7 heteroatoms. The smallest absolute Gasteiger partial charge is 0.287 e. The Morgan fingerprint density at radius 1 is 1.67 bits per heavy atom. The van der Waals surface area contributed by atoms with Gasteiger partial charge in [0.15, 0.2) is 0 Å². The Kier molecular flexibility index (Phi) is 4.34. The van der Waals surface area contributed by atoms with Crippen LogP contribution in [-0.4, -0.2) is 26.8 Å². The quantitative estimate of drug-likeness (QED) is 0.507. The molecule has 1 aromatic rings. The van der Waals surface area contributed by atoms with E-state index in [9.17, 15) is 14.9 Å². The number of hydrogen-bond acceptors (Lipinski definition) is 3. The van der Waals surface area contributed by atoms with Crippen molar-refractivity contribution < 1.29 is 9.72 Å². The van der Waals surface area contributed by atoms with Gasteiger partial charge in [-0.3, -0.25) is 14.9 Å². The lowest BCUT2D eigenvalue weighted by Gasteiger charge is -2.26. The molecule has 0 radical (unpaired) electrons. The topological polar surface area (TPSA) is 77.2 Å². The number of carbonyl (C=O) groups excluding carboxylic acids is 1. The molecular weight excluding hydrogens is 258 g/mol. The summed E-state index contributed by atoms with van der Waals surface area (Å²) < 4.78 is 1.43. The summed E-state index contributed by atoms with van der Waals surface area (Å²) in [6, 6.07) is 1.25. The minimum Gasteiger partial charge on any atom is -0.344 e. The summed E-state index contributed by atoms with van der Waals surface area (Å²) in [7, 11) is 1.59. The van der Waals surface area contributed by atoms with Gasteiger partial charge in [0.05, 0.1) is 16.7 Å². The highest BCUT2D eigenvalue weighted by Gasteiger charge is 2.26. The number of amides is 1. The first-order valence-corrected chi connectivity index (χ1v) is 6.05. The molecule has 0 aliphatic heterocycles. The summed E-state index contributed by atoms with van der Waals surface area (Å²) in [5.74, 6) is -0.0857. The number of aromatic nitrogens is 1. The van der Waals surface area contributed by atoms with Crippen molar-refractivity contribution in [1.29, 1.82) is 0 Å². The molecular formula is C11H16ClN3O3. The van der Waals surface area contributed by atoms with Crippen LogP contribution in [0.25, 0.3) is 0 Å². The fourth-order valence-electron chi connectivity index (χ4n) is 1.43. The van der Waals surface area contributed by atoms with E-state index in [1.165, 1.54) is 16.8 Å². The lowest BCUT2D eigenvalue weighted by atomic mass is 10.0. The molecule has 1 atom stereocenters. The maximum atomic E-state index is 12.0. The second-order valence-corrected chi connectivity index (χ2v) is 4.72. The van der Waals surface area contributed by atoms with Crippen LogP contribution in [0.2, 0.25) is 0 Å². The first-order valence-electron chi connectivity index (χ1n) is 5.52. The van der Waals surface area contributed by atoms with E-state index < -0.39 is 10.5 Å². The largest absolute Gasteiger partial charge is 0.344 e. The molecule has 0 aliphatic rings. The Hall–Kier alpha value is -1.56. The van der Waals surface area contributed by atoms with Crippen LogP contribution in [0.4, 0.5) is 5.69 Å². The third-order valence-corrected chi connectivity index (χ3v) is 3.51. The number of nitro groups is 1.